The van der Waals surface area contributed by atoms with Gasteiger partial charge < -0.3 is 19.5 Å². The zero-order valence-electron chi connectivity index (χ0n) is 17.2. The zero-order valence-corrected chi connectivity index (χ0v) is 18.8. The molecule has 0 spiro atoms. The number of ether oxygens (including phenoxy) is 3. The Balaban J connectivity index is 1.93. The Kier molecular flexibility index (Phi) is 5.27. The number of rotatable bonds is 5. The first kappa shape index (κ1) is 19.8. The van der Waals surface area contributed by atoms with E-state index in [0.717, 1.165) is 38.7 Å². The summed E-state index contributed by atoms with van der Waals surface area (Å²) >= 11 is 0. The molecule has 0 bridgehead atoms. The Bertz CT molecular complexity index is 1120. The van der Waals surface area contributed by atoms with Crippen LogP contribution in [-0.2, 0) is 5.54 Å². The van der Waals surface area contributed by atoms with Crippen LogP contribution in [0.4, 0.5) is 11.4 Å². The van der Waals surface area contributed by atoms with E-state index < -0.39 is 0 Å². The Morgan fingerprint density at radius 3 is 2.52 bits per heavy atom. The normalized spacial score (nSPS) is 14.6. The van der Waals surface area contributed by atoms with Crippen molar-refractivity contribution < 1.29 is 14.2 Å². The van der Waals surface area contributed by atoms with E-state index in [1.165, 1.54) is 4.88 Å². The maximum atomic E-state index is 5.75. The number of hydrogen-bond acceptors (Lipinski definition) is 7. The van der Waals surface area contributed by atoms with Crippen molar-refractivity contribution in [3.63, 3.8) is 0 Å². The average Bonchev–Trinajstić information content (AvgIpc) is 3.14. The molecule has 3 aromatic rings. The van der Waals surface area contributed by atoms with Gasteiger partial charge in [-0.05, 0) is 51.1 Å². The van der Waals surface area contributed by atoms with Gasteiger partial charge in [0.2, 0.25) is 0 Å². The number of fused-ring (bicyclic) bond motifs is 3. The summed E-state index contributed by atoms with van der Waals surface area (Å²) in [4.78, 5) is 6.25. The molecule has 1 aromatic heterocycles. The third-order valence-corrected chi connectivity index (χ3v) is 7.48. The van der Waals surface area contributed by atoms with Gasteiger partial charge in [0.15, 0.2) is 0 Å². The molecule has 0 saturated carbocycles. The number of nitrogens with one attached hydrogen (secondary N) is 1. The van der Waals surface area contributed by atoms with Gasteiger partial charge in [0, 0.05) is 22.9 Å². The van der Waals surface area contributed by atoms with Crippen molar-refractivity contribution in [1.82, 2.24) is 0 Å². The summed E-state index contributed by atoms with van der Waals surface area (Å²) in [5.74, 6) is 2.30. The third-order valence-electron chi connectivity index (χ3n) is 4.84. The van der Waals surface area contributed by atoms with Crippen LogP contribution in [0.5, 0.6) is 17.2 Å². The molecule has 0 radical (unpaired) electrons. The summed E-state index contributed by atoms with van der Waals surface area (Å²) in [6, 6.07) is 11.9. The van der Waals surface area contributed by atoms with Gasteiger partial charge in [-0.15, -0.1) is 0 Å². The molecule has 7 heteroatoms. The highest BCUT2D eigenvalue weighted by molar-refractivity contribution is 7.68. The van der Waals surface area contributed by atoms with E-state index in [0.29, 0.717) is 12.4 Å². The molecule has 2 heterocycles. The summed E-state index contributed by atoms with van der Waals surface area (Å²) in [6.07, 6.45) is 0. The van der Waals surface area contributed by atoms with Gasteiger partial charge in [0.05, 0.1) is 31.2 Å². The largest absolute Gasteiger partial charge is 0.497 e. The second kappa shape index (κ2) is 7.72. The fraction of sp³-hybridized carbons (Fsp3) is 0.318. The molecule has 0 unspecified atom stereocenters. The molecule has 152 valence electrons. The van der Waals surface area contributed by atoms with Gasteiger partial charge in [0.1, 0.15) is 27.6 Å². The second-order valence-electron chi connectivity index (χ2n) is 7.22. The summed E-state index contributed by atoms with van der Waals surface area (Å²) in [6.45, 7) is 7.03. The van der Waals surface area contributed by atoms with Crippen molar-refractivity contribution >= 4 is 32.1 Å². The second-order valence-corrected chi connectivity index (χ2v) is 9.34. The highest BCUT2D eigenvalue weighted by Gasteiger charge is 2.33. The lowest BCUT2D eigenvalue weighted by atomic mass is 9.90. The fourth-order valence-corrected chi connectivity index (χ4v) is 6.40. The minimum Gasteiger partial charge on any atom is -0.497 e. The van der Waals surface area contributed by atoms with Crippen LogP contribution in [0, 0.1) is 0 Å². The predicted octanol–water partition coefficient (Wildman–Crippen LogP) is 5.79. The summed E-state index contributed by atoms with van der Waals surface area (Å²) in [5, 5.41) is 3.66. The third kappa shape index (κ3) is 3.60. The van der Waals surface area contributed by atoms with Crippen LogP contribution >= 0.6 is 20.7 Å². The van der Waals surface area contributed by atoms with Gasteiger partial charge >= 0.3 is 0 Å². The summed E-state index contributed by atoms with van der Waals surface area (Å²) in [5.41, 5.74) is 3.99. The SMILES string of the molecule is CCOc1ccc2c(c1)-c1c(ssc1=Nc1ccc(OC)cc1OC)C(C)(C)N2. The summed E-state index contributed by atoms with van der Waals surface area (Å²) in [7, 11) is 6.74. The monoisotopic (exact) mass is 428 g/mol. The van der Waals surface area contributed by atoms with Gasteiger partial charge in [-0.3, -0.25) is 0 Å². The van der Waals surface area contributed by atoms with Gasteiger partial charge in [-0.1, -0.05) is 20.7 Å². The van der Waals surface area contributed by atoms with Crippen LogP contribution in [-0.4, -0.2) is 20.8 Å². The highest BCUT2D eigenvalue weighted by atomic mass is 32.9. The molecule has 29 heavy (non-hydrogen) atoms. The molecular weight excluding hydrogens is 404 g/mol. The Morgan fingerprint density at radius 2 is 1.79 bits per heavy atom. The van der Waals surface area contributed by atoms with Crippen molar-refractivity contribution in [2.45, 2.75) is 26.3 Å². The minimum atomic E-state index is -0.172. The molecule has 2 aromatic carbocycles. The van der Waals surface area contributed by atoms with Gasteiger partial charge in [-0.25, -0.2) is 4.99 Å². The quantitative estimate of drug-likeness (QED) is 0.523. The molecule has 1 aliphatic heterocycles. The standard InChI is InChI=1S/C22H24N2O3S2/c1-6-27-14-8-9-16-15(11-14)19-20(22(2,3)24-16)28-29-21(19)23-17-10-7-13(25-4)12-18(17)26-5/h7-12,24H,6H2,1-5H3. The Hall–Kier alpha value is -2.51. The maximum absolute atomic E-state index is 5.75. The van der Waals surface area contributed by atoms with Gasteiger partial charge in [-0.2, -0.15) is 0 Å². The van der Waals surface area contributed by atoms with Crippen LogP contribution in [0.2, 0.25) is 0 Å². The van der Waals surface area contributed by atoms with Gasteiger partial charge in [0.25, 0.3) is 0 Å². The highest BCUT2D eigenvalue weighted by Crippen LogP contribution is 2.46. The lowest BCUT2D eigenvalue weighted by Crippen LogP contribution is -2.31. The molecule has 0 fully saturated rings. The van der Waals surface area contributed by atoms with Crippen molar-refractivity contribution in [2.75, 3.05) is 26.1 Å². The zero-order chi connectivity index (χ0) is 20.6. The summed E-state index contributed by atoms with van der Waals surface area (Å²) < 4.78 is 17.6. The molecule has 1 aliphatic rings. The van der Waals surface area contributed by atoms with E-state index >= 15 is 0 Å². The first-order valence-corrected chi connectivity index (χ1v) is 11.6. The average molecular weight is 429 g/mol. The number of hydrogen-bond donors (Lipinski definition) is 1. The molecular formula is C22H24N2O3S2. The van der Waals surface area contributed by atoms with Crippen LogP contribution in [0.15, 0.2) is 41.4 Å². The minimum absolute atomic E-state index is 0.172. The van der Waals surface area contributed by atoms with Crippen molar-refractivity contribution in [2.24, 2.45) is 4.99 Å². The van der Waals surface area contributed by atoms with Crippen LogP contribution in [0.25, 0.3) is 11.1 Å². The van der Waals surface area contributed by atoms with E-state index in [1.54, 1.807) is 34.9 Å². The van der Waals surface area contributed by atoms with E-state index in [2.05, 4.69) is 31.3 Å². The topological polar surface area (TPSA) is 52.1 Å². The molecule has 0 amide bonds. The lowest BCUT2D eigenvalue weighted by molar-refractivity contribution is 0.340. The molecule has 0 atom stereocenters. The Morgan fingerprint density at radius 1 is 1.00 bits per heavy atom. The van der Waals surface area contributed by atoms with Crippen molar-refractivity contribution in [3.8, 4) is 28.4 Å². The number of anilines is 1. The first-order chi connectivity index (χ1) is 14.0. The number of methoxy groups -OCH3 is 2. The Labute approximate surface area is 178 Å². The van der Waals surface area contributed by atoms with E-state index in [1.807, 2.05) is 31.2 Å². The van der Waals surface area contributed by atoms with Crippen molar-refractivity contribution in [3.05, 3.63) is 45.9 Å². The molecule has 5 nitrogen and oxygen atoms in total. The molecule has 0 saturated heterocycles. The lowest BCUT2D eigenvalue weighted by Gasteiger charge is -2.33. The number of nitrogens with zero attached hydrogens (tertiary/aromatic N) is 1. The van der Waals surface area contributed by atoms with Crippen LogP contribution < -0.4 is 24.2 Å². The van der Waals surface area contributed by atoms with E-state index in [9.17, 15) is 0 Å². The number of benzene rings is 2. The van der Waals surface area contributed by atoms with E-state index in [-0.39, 0.29) is 5.54 Å². The van der Waals surface area contributed by atoms with Crippen LogP contribution in [0.3, 0.4) is 0 Å². The first-order valence-electron chi connectivity index (χ1n) is 9.42. The predicted molar refractivity (Wildman–Crippen MR) is 120 cm³/mol. The maximum Gasteiger partial charge on any atom is 0.148 e. The van der Waals surface area contributed by atoms with Crippen LogP contribution in [0.1, 0.15) is 25.6 Å². The molecule has 1 N–H and O–H groups in total. The van der Waals surface area contributed by atoms with Crippen molar-refractivity contribution in [1.29, 1.82) is 0 Å². The fourth-order valence-electron chi connectivity index (χ4n) is 3.47. The molecule has 0 aliphatic carbocycles. The van der Waals surface area contributed by atoms with E-state index in [4.69, 9.17) is 19.2 Å². The smallest absolute Gasteiger partial charge is 0.148 e. The molecule has 4 rings (SSSR count).